The Morgan fingerprint density at radius 3 is 2.63 bits per heavy atom. The SMILES string of the molecule is CCOC(CNc1nc(Cl)c(C#N)n1C)C(F)(F)F. The van der Waals surface area contributed by atoms with Crippen molar-refractivity contribution in [2.24, 2.45) is 7.05 Å². The van der Waals surface area contributed by atoms with Crippen LogP contribution in [0, 0.1) is 11.3 Å². The number of ether oxygens (including phenoxy) is 1. The minimum absolute atomic E-state index is 0.0589. The highest BCUT2D eigenvalue weighted by atomic mass is 35.5. The molecule has 1 aromatic rings. The van der Waals surface area contributed by atoms with Crippen molar-refractivity contribution in [3.63, 3.8) is 0 Å². The van der Waals surface area contributed by atoms with Gasteiger partial charge in [0.05, 0.1) is 6.54 Å². The number of hydrogen-bond donors (Lipinski definition) is 1. The Morgan fingerprint density at radius 1 is 1.58 bits per heavy atom. The number of imidazole rings is 1. The molecular formula is C10H12ClF3N4O. The Morgan fingerprint density at radius 2 is 2.21 bits per heavy atom. The van der Waals surface area contributed by atoms with E-state index >= 15 is 0 Å². The van der Waals surface area contributed by atoms with Crippen molar-refractivity contribution in [2.45, 2.75) is 19.2 Å². The summed E-state index contributed by atoms with van der Waals surface area (Å²) >= 11 is 5.67. The summed E-state index contributed by atoms with van der Waals surface area (Å²) in [5.41, 5.74) is 0.0733. The summed E-state index contributed by atoms with van der Waals surface area (Å²) in [6.45, 7) is 0.907. The fourth-order valence-corrected chi connectivity index (χ4v) is 1.65. The molecular weight excluding hydrogens is 285 g/mol. The van der Waals surface area contributed by atoms with Gasteiger partial charge in [-0.1, -0.05) is 11.6 Å². The van der Waals surface area contributed by atoms with Crippen LogP contribution in [0.25, 0.3) is 0 Å². The number of anilines is 1. The summed E-state index contributed by atoms with van der Waals surface area (Å²) in [6.07, 6.45) is -6.42. The Balaban J connectivity index is 2.78. The summed E-state index contributed by atoms with van der Waals surface area (Å²) < 4.78 is 43.7. The number of nitrogens with one attached hydrogen (secondary N) is 1. The summed E-state index contributed by atoms with van der Waals surface area (Å²) in [4.78, 5) is 3.77. The van der Waals surface area contributed by atoms with Gasteiger partial charge in [-0.2, -0.15) is 23.4 Å². The standard InChI is InChI=1S/C10H12ClF3N4O/c1-3-19-7(10(12,13)14)5-16-9-17-8(11)6(4-15)18(9)2/h7H,3,5H2,1-2H3,(H,16,17). The van der Waals surface area contributed by atoms with Crippen LogP contribution in [-0.4, -0.2) is 35.0 Å². The maximum absolute atomic E-state index is 12.6. The number of nitriles is 1. The minimum atomic E-state index is -4.48. The predicted molar refractivity (Wildman–Crippen MR) is 62.9 cm³/mol. The second-order valence-electron chi connectivity index (χ2n) is 3.61. The van der Waals surface area contributed by atoms with E-state index in [4.69, 9.17) is 16.9 Å². The quantitative estimate of drug-likeness (QED) is 0.906. The van der Waals surface area contributed by atoms with Gasteiger partial charge in [0.1, 0.15) is 6.07 Å². The van der Waals surface area contributed by atoms with Crippen molar-refractivity contribution in [3.05, 3.63) is 10.8 Å². The Hall–Kier alpha value is -1.46. The van der Waals surface area contributed by atoms with Gasteiger partial charge in [0.2, 0.25) is 5.95 Å². The molecule has 1 atom stereocenters. The van der Waals surface area contributed by atoms with Crippen LogP contribution in [0.15, 0.2) is 0 Å². The summed E-state index contributed by atoms with van der Waals surface area (Å²) in [7, 11) is 1.48. The van der Waals surface area contributed by atoms with Crippen molar-refractivity contribution in [3.8, 4) is 6.07 Å². The van der Waals surface area contributed by atoms with Crippen LogP contribution in [0.3, 0.4) is 0 Å². The molecule has 19 heavy (non-hydrogen) atoms. The van der Waals surface area contributed by atoms with Crippen LogP contribution in [0.5, 0.6) is 0 Å². The van der Waals surface area contributed by atoms with Gasteiger partial charge in [0, 0.05) is 13.7 Å². The molecule has 0 aromatic carbocycles. The zero-order valence-corrected chi connectivity index (χ0v) is 11.0. The molecule has 0 bridgehead atoms. The van der Waals surface area contributed by atoms with E-state index in [0.29, 0.717) is 0 Å². The fraction of sp³-hybridized carbons (Fsp3) is 0.600. The van der Waals surface area contributed by atoms with E-state index in [2.05, 4.69) is 15.0 Å². The summed E-state index contributed by atoms with van der Waals surface area (Å²) in [6, 6.07) is 1.80. The van der Waals surface area contributed by atoms with Gasteiger partial charge in [0.15, 0.2) is 17.0 Å². The Bertz CT molecular complexity index is 480. The molecule has 0 aliphatic rings. The molecule has 0 saturated heterocycles. The van der Waals surface area contributed by atoms with Crippen molar-refractivity contribution >= 4 is 17.5 Å². The molecule has 9 heteroatoms. The van der Waals surface area contributed by atoms with Gasteiger partial charge in [-0.15, -0.1) is 0 Å². The first-order valence-corrected chi connectivity index (χ1v) is 5.73. The molecule has 5 nitrogen and oxygen atoms in total. The highest BCUT2D eigenvalue weighted by Gasteiger charge is 2.40. The maximum Gasteiger partial charge on any atom is 0.416 e. The highest BCUT2D eigenvalue weighted by molar-refractivity contribution is 6.30. The molecule has 106 valence electrons. The molecule has 1 rings (SSSR count). The van der Waals surface area contributed by atoms with Gasteiger partial charge < -0.3 is 14.6 Å². The smallest absolute Gasteiger partial charge is 0.367 e. The van der Waals surface area contributed by atoms with Crippen LogP contribution in [0.1, 0.15) is 12.6 Å². The second kappa shape index (κ2) is 6.12. The molecule has 0 amide bonds. The fourth-order valence-electron chi connectivity index (χ4n) is 1.40. The first kappa shape index (κ1) is 15.6. The molecule has 0 radical (unpaired) electrons. The first-order valence-electron chi connectivity index (χ1n) is 5.35. The van der Waals surface area contributed by atoms with E-state index in [0.717, 1.165) is 0 Å². The Kier molecular flexibility index (Phi) is 5.03. The summed E-state index contributed by atoms with van der Waals surface area (Å²) in [5.74, 6) is 0.0792. The molecule has 1 heterocycles. The largest absolute Gasteiger partial charge is 0.416 e. The zero-order valence-electron chi connectivity index (χ0n) is 10.3. The lowest BCUT2D eigenvalue weighted by Gasteiger charge is -2.20. The molecule has 0 saturated carbocycles. The van der Waals surface area contributed by atoms with E-state index in [-0.39, 0.29) is 23.4 Å². The predicted octanol–water partition coefficient (Wildman–Crippen LogP) is 2.32. The number of halogens is 4. The van der Waals surface area contributed by atoms with Gasteiger partial charge >= 0.3 is 6.18 Å². The second-order valence-corrected chi connectivity index (χ2v) is 3.97. The Labute approximate surface area is 112 Å². The molecule has 0 spiro atoms. The van der Waals surface area contributed by atoms with Crippen molar-refractivity contribution in [2.75, 3.05) is 18.5 Å². The third-order valence-electron chi connectivity index (χ3n) is 2.34. The van der Waals surface area contributed by atoms with E-state index in [1.54, 1.807) is 6.07 Å². The van der Waals surface area contributed by atoms with Gasteiger partial charge in [-0.05, 0) is 6.92 Å². The van der Waals surface area contributed by atoms with Crippen LogP contribution in [0.4, 0.5) is 19.1 Å². The van der Waals surface area contributed by atoms with Crippen LogP contribution in [-0.2, 0) is 11.8 Å². The number of rotatable bonds is 5. The van der Waals surface area contributed by atoms with Gasteiger partial charge in [0.25, 0.3) is 0 Å². The maximum atomic E-state index is 12.6. The van der Waals surface area contributed by atoms with E-state index in [1.165, 1.54) is 18.5 Å². The van der Waals surface area contributed by atoms with Crippen molar-refractivity contribution in [1.29, 1.82) is 5.26 Å². The number of nitrogens with zero attached hydrogens (tertiary/aromatic N) is 3. The molecule has 1 unspecified atom stereocenters. The van der Waals surface area contributed by atoms with E-state index < -0.39 is 18.8 Å². The lowest BCUT2D eigenvalue weighted by atomic mass is 10.3. The lowest BCUT2D eigenvalue weighted by Crippen LogP contribution is -2.38. The van der Waals surface area contributed by atoms with Crippen LogP contribution in [0.2, 0.25) is 5.15 Å². The van der Waals surface area contributed by atoms with Crippen LogP contribution >= 0.6 is 11.6 Å². The molecule has 0 aliphatic heterocycles. The molecule has 1 aromatic heterocycles. The monoisotopic (exact) mass is 296 g/mol. The van der Waals surface area contributed by atoms with Crippen molar-refractivity contribution in [1.82, 2.24) is 9.55 Å². The zero-order chi connectivity index (χ0) is 14.6. The summed E-state index contributed by atoms with van der Waals surface area (Å²) in [5, 5.41) is 11.2. The third kappa shape index (κ3) is 3.75. The normalized spacial score (nSPS) is 13.1. The van der Waals surface area contributed by atoms with Gasteiger partial charge in [-0.25, -0.2) is 0 Å². The first-order chi connectivity index (χ1) is 8.81. The molecule has 0 fully saturated rings. The highest BCUT2D eigenvalue weighted by Crippen LogP contribution is 2.24. The third-order valence-corrected chi connectivity index (χ3v) is 2.60. The number of aromatic nitrogens is 2. The average Bonchev–Trinajstić information content (AvgIpc) is 2.58. The molecule has 1 N–H and O–H groups in total. The number of hydrogen-bond acceptors (Lipinski definition) is 4. The van der Waals surface area contributed by atoms with Gasteiger partial charge in [-0.3, -0.25) is 0 Å². The van der Waals surface area contributed by atoms with Crippen molar-refractivity contribution < 1.29 is 17.9 Å². The lowest BCUT2D eigenvalue weighted by molar-refractivity contribution is -0.214. The van der Waals surface area contributed by atoms with E-state index in [1.807, 2.05) is 0 Å². The van der Waals surface area contributed by atoms with E-state index in [9.17, 15) is 13.2 Å². The average molecular weight is 297 g/mol. The topological polar surface area (TPSA) is 62.9 Å². The minimum Gasteiger partial charge on any atom is -0.367 e. The van der Waals surface area contributed by atoms with Crippen LogP contribution < -0.4 is 5.32 Å². The number of alkyl halides is 3. The molecule has 0 aliphatic carbocycles.